The number of fused-ring (bicyclic) bond motifs is 1. The first-order valence-corrected chi connectivity index (χ1v) is 5.88. The molecule has 0 aromatic heterocycles. The number of aliphatic hydroxyl groups is 1. The molecule has 4 heteroatoms. The van der Waals surface area contributed by atoms with Crippen LogP contribution in [0, 0.1) is 0 Å². The molecule has 0 bridgehead atoms. The molecule has 2 N–H and O–H groups in total. The lowest BCUT2D eigenvalue weighted by molar-refractivity contribution is -0.132. The largest absolute Gasteiger partial charge is 0.395 e. The van der Waals surface area contributed by atoms with Gasteiger partial charge in [-0.3, -0.25) is 4.79 Å². The van der Waals surface area contributed by atoms with Gasteiger partial charge in [0.1, 0.15) is 0 Å². The van der Waals surface area contributed by atoms with E-state index in [2.05, 4.69) is 17.4 Å². The van der Waals surface area contributed by atoms with E-state index in [4.69, 9.17) is 5.11 Å². The van der Waals surface area contributed by atoms with E-state index in [1.165, 1.54) is 11.1 Å². The van der Waals surface area contributed by atoms with E-state index in [0.29, 0.717) is 6.54 Å². The summed E-state index contributed by atoms with van der Waals surface area (Å²) in [4.78, 5) is 13.6. The Hall–Kier alpha value is -1.39. The van der Waals surface area contributed by atoms with Gasteiger partial charge in [-0.25, -0.2) is 0 Å². The van der Waals surface area contributed by atoms with Gasteiger partial charge in [-0.15, -0.1) is 0 Å². The maximum atomic E-state index is 12.1. The Morgan fingerprint density at radius 3 is 2.88 bits per heavy atom. The first-order chi connectivity index (χ1) is 8.22. The SMILES string of the molecule is CN(CCO)C(=O)[C@H]1Cc2ccccc2CN1. The molecular formula is C13H18N2O2. The normalized spacial score (nSPS) is 18.6. The predicted molar refractivity (Wildman–Crippen MR) is 65.5 cm³/mol. The van der Waals surface area contributed by atoms with Crippen molar-refractivity contribution in [3.63, 3.8) is 0 Å². The highest BCUT2D eigenvalue weighted by molar-refractivity contribution is 5.82. The number of nitrogens with one attached hydrogen (secondary N) is 1. The zero-order valence-corrected chi connectivity index (χ0v) is 10.0. The Morgan fingerprint density at radius 2 is 2.18 bits per heavy atom. The molecule has 0 radical (unpaired) electrons. The highest BCUT2D eigenvalue weighted by atomic mass is 16.3. The Kier molecular flexibility index (Phi) is 3.76. The molecule has 92 valence electrons. The van der Waals surface area contributed by atoms with E-state index < -0.39 is 0 Å². The molecule has 4 nitrogen and oxygen atoms in total. The van der Waals surface area contributed by atoms with Crippen molar-refractivity contribution in [2.45, 2.75) is 19.0 Å². The second-order valence-electron chi connectivity index (χ2n) is 4.39. The third kappa shape index (κ3) is 2.65. The minimum absolute atomic E-state index is 0.00550. The summed E-state index contributed by atoms with van der Waals surface area (Å²) >= 11 is 0. The van der Waals surface area contributed by atoms with Crippen LogP contribution in [-0.4, -0.2) is 42.2 Å². The molecule has 1 heterocycles. The molecule has 1 aromatic rings. The van der Waals surface area contributed by atoms with Gasteiger partial charge in [-0.1, -0.05) is 24.3 Å². The molecule has 1 aliphatic heterocycles. The number of likely N-dealkylation sites (N-methyl/N-ethyl adjacent to an activating group) is 1. The molecule has 0 saturated carbocycles. The number of benzene rings is 1. The molecule has 1 aliphatic rings. The van der Waals surface area contributed by atoms with E-state index >= 15 is 0 Å². The third-order valence-corrected chi connectivity index (χ3v) is 3.19. The number of amides is 1. The van der Waals surface area contributed by atoms with E-state index in [1.807, 2.05) is 12.1 Å². The van der Waals surface area contributed by atoms with Gasteiger partial charge < -0.3 is 15.3 Å². The van der Waals surface area contributed by atoms with E-state index in [0.717, 1.165) is 13.0 Å². The van der Waals surface area contributed by atoms with E-state index in [9.17, 15) is 4.79 Å². The van der Waals surface area contributed by atoms with Crippen molar-refractivity contribution in [3.8, 4) is 0 Å². The number of hydrogen-bond donors (Lipinski definition) is 2. The monoisotopic (exact) mass is 234 g/mol. The van der Waals surface area contributed by atoms with Crippen molar-refractivity contribution in [3.05, 3.63) is 35.4 Å². The maximum Gasteiger partial charge on any atom is 0.239 e. The van der Waals surface area contributed by atoms with E-state index in [-0.39, 0.29) is 18.6 Å². The zero-order chi connectivity index (χ0) is 12.3. The van der Waals surface area contributed by atoms with Crippen LogP contribution < -0.4 is 5.32 Å². The van der Waals surface area contributed by atoms with Gasteiger partial charge in [-0.05, 0) is 17.5 Å². The minimum atomic E-state index is -0.165. The number of carbonyl (C=O) groups is 1. The van der Waals surface area contributed by atoms with Crippen LogP contribution >= 0.6 is 0 Å². The molecule has 0 unspecified atom stereocenters. The van der Waals surface area contributed by atoms with Crippen LogP contribution in [0.15, 0.2) is 24.3 Å². The number of rotatable bonds is 3. The highest BCUT2D eigenvalue weighted by Crippen LogP contribution is 2.16. The molecule has 0 saturated heterocycles. The van der Waals surface area contributed by atoms with E-state index in [1.54, 1.807) is 11.9 Å². The smallest absolute Gasteiger partial charge is 0.239 e. The fourth-order valence-electron chi connectivity index (χ4n) is 2.16. The molecule has 17 heavy (non-hydrogen) atoms. The van der Waals surface area contributed by atoms with Gasteiger partial charge in [0.05, 0.1) is 12.6 Å². The van der Waals surface area contributed by atoms with Crippen LogP contribution in [0.2, 0.25) is 0 Å². The molecule has 1 amide bonds. The first-order valence-electron chi connectivity index (χ1n) is 5.88. The Morgan fingerprint density at radius 1 is 1.47 bits per heavy atom. The lowest BCUT2D eigenvalue weighted by Gasteiger charge is -2.28. The molecule has 0 aliphatic carbocycles. The fraction of sp³-hybridized carbons (Fsp3) is 0.462. The summed E-state index contributed by atoms with van der Waals surface area (Å²) < 4.78 is 0. The minimum Gasteiger partial charge on any atom is -0.395 e. The van der Waals surface area contributed by atoms with Crippen LogP contribution in [0.4, 0.5) is 0 Å². The lowest BCUT2D eigenvalue weighted by atomic mass is 9.95. The zero-order valence-electron chi connectivity index (χ0n) is 10.0. The highest BCUT2D eigenvalue weighted by Gasteiger charge is 2.25. The molecule has 1 aromatic carbocycles. The second kappa shape index (κ2) is 5.29. The van der Waals surface area contributed by atoms with Gasteiger partial charge in [-0.2, -0.15) is 0 Å². The quantitative estimate of drug-likeness (QED) is 0.783. The summed E-state index contributed by atoms with van der Waals surface area (Å²) in [7, 11) is 1.72. The number of carbonyl (C=O) groups excluding carboxylic acids is 1. The third-order valence-electron chi connectivity index (χ3n) is 3.19. The second-order valence-corrected chi connectivity index (χ2v) is 4.39. The van der Waals surface area contributed by atoms with Crippen LogP contribution in [0.1, 0.15) is 11.1 Å². The van der Waals surface area contributed by atoms with Gasteiger partial charge in [0.15, 0.2) is 0 Å². The predicted octanol–water partition coefficient (Wildman–Crippen LogP) is 0.152. The number of aliphatic hydroxyl groups excluding tert-OH is 1. The molecular weight excluding hydrogens is 216 g/mol. The first kappa shape index (κ1) is 12.1. The Labute approximate surface area is 101 Å². The average molecular weight is 234 g/mol. The fourth-order valence-corrected chi connectivity index (χ4v) is 2.16. The summed E-state index contributed by atoms with van der Waals surface area (Å²) in [6, 6.07) is 8.01. The summed E-state index contributed by atoms with van der Waals surface area (Å²) in [6.07, 6.45) is 0.727. The van der Waals surface area contributed by atoms with Crippen molar-refractivity contribution in [1.29, 1.82) is 0 Å². The summed E-state index contributed by atoms with van der Waals surface area (Å²) in [5, 5.41) is 12.1. The van der Waals surface area contributed by atoms with Crippen molar-refractivity contribution >= 4 is 5.91 Å². The van der Waals surface area contributed by atoms with Crippen LogP contribution in [0.25, 0.3) is 0 Å². The molecule has 1 atom stereocenters. The van der Waals surface area contributed by atoms with Crippen molar-refractivity contribution in [2.24, 2.45) is 0 Å². The molecule has 0 fully saturated rings. The summed E-state index contributed by atoms with van der Waals surface area (Å²) in [6.45, 7) is 1.13. The standard InChI is InChI=1S/C13H18N2O2/c1-15(6-7-16)13(17)12-8-10-4-2-3-5-11(10)9-14-12/h2-5,12,14,16H,6-9H2,1H3/t12-/m1/s1. The Bertz CT molecular complexity index is 406. The van der Waals surface area contributed by atoms with Crippen molar-refractivity contribution < 1.29 is 9.90 Å². The molecule has 0 spiro atoms. The van der Waals surface area contributed by atoms with Gasteiger partial charge in [0.2, 0.25) is 5.91 Å². The molecule has 2 rings (SSSR count). The van der Waals surface area contributed by atoms with Gasteiger partial charge in [0, 0.05) is 20.1 Å². The lowest BCUT2D eigenvalue weighted by Crippen LogP contribution is -2.48. The van der Waals surface area contributed by atoms with Crippen molar-refractivity contribution in [2.75, 3.05) is 20.2 Å². The van der Waals surface area contributed by atoms with Crippen LogP contribution in [0.3, 0.4) is 0 Å². The number of nitrogens with zero attached hydrogens (tertiary/aromatic N) is 1. The van der Waals surface area contributed by atoms with Gasteiger partial charge >= 0.3 is 0 Å². The van der Waals surface area contributed by atoms with Gasteiger partial charge in [0.25, 0.3) is 0 Å². The average Bonchev–Trinajstić information content (AvgIpc) is 2.37. The summed E-state index contributed by atoms with van der Waals surface area (Å²) in [5.41, 5.74) is 2.50. The Balaban J connectivity index is 2.05. The van der Waals surface area contributed by atoms with Crippen LogP contribution in [0.5, 0.6) is 0 Å². The maximum absolute atomic E-state index is 12.1. The topological polar surface area (TPSA) is 52.6 Å². The van der Waals surface area contributed by atoms with Crippen molar-refractivity contribution in [1.82, 2.24) is 10.2 Å². The van der Waals surface area contributed by atoms with Crippen LogP contribution in [-0.2, 0) is 17.8 Å². The number of hydrogen-bond acceptors (Lipinski definition) is 3. The summed E-state index contributed by atoms with van der Waals surface area (Å²) in [5.74, 6) is 0.0496.